The second kappa shape index (κ2) is 13.2. The molecule has 3 aromatic rings. The number of hydrogen-bond donors (Lipinski definition) is 8. The van der Waals surface area contributed by atoms with Crippen molar-refractivity contribution in [2.24, 2.45) is 0 Å². The number of hydrogen-bond acceptors (Lipinski definition) is 10. The van der Waals surface area contributed by atoms with Crippen LogP contribution in [0.5, 0.6) is 0 Å². The number of rotatable bonds is 9. The molecule has 0 unspecified atom stereocenters. The third-order valence-electron chi connectivity index (χ3n) is 5.15. The number of fused-ring (bicyclic) bond motifs is 1. The molecule has 0 saturated heterocycles. The predicted octanol–water partition coefficient (Wildman–Crippen LogP) is 0.0162. The van der Waals surface area contributed by atoms with Gasteiger partial charge in [-0.25, -0.2) is 14.2 Å². The first kappa shape index (κ1) is 29.7. The fraction of sp³-hybridized carbons (Fsp3) is 0.409. The number of aromatic amines is 1. The average Bonchev–Trinajstić information content (AvgIpc) is 3.17. The van der Waals surface area contributed by atoms with Crippen LogP contribution in [0.25, 0.3) is 10.2 Å². The minimum absolute atomic E-state index is 0.0525. The van der Waals surface area contributed by atoms with Gasteiger partial charge in [-0.1, -0.05) is 11.6 Å². The zero-order valence-electron chi connectivity index (χ0n) is 19.3. The molecule has 0 spiro atoms. The van der Waals surface area contributed by atoms with E-state index in [4.69, 9.17) is 37.1 Å². The van der Waals surface area contributed by atoms with E-state index in [1.54, 1.807) is 14.0 Å². The monoisotopic (exact) mass is 547 g/mol. The van der Waals surface area contributed by atoms with Crippen LogP contribution in [-0.2, 0) is 6.42 Å². The van der Waals surface area contributed by atoms with Crippen LogP contribution in [-0.4, -0.2) is 91.2 Å². The lowest BCUT2D eigenvalue weighted by Gasteiger charge is -2.25. The average molecular weight is 548 g/mol. The summed E-state index contributed by atoms with van der Waals surface area (Å²) in [7, 11) is 1.57. The van der Waals surface area contributed by atoms with E-state index in [-0.39, 0.29) is 29.1 Å². The molecule has 4 atom stereocenters. The summed E-state index contributed by atoms with van der Waals surface area (Å²) < 4.78 is 13.8. The Hall–Kier alpha value is -2.49. The molecule has 0 radical (unpaired) electrons. The van der Waals surface area contributed by atoms with E-state index in [1.165, 1.54) is 18.2 Å². The van der Waals surface area contributed by atoms with Gasteiger partial charge >= 0.3 is 5.97 Å². The SMILES string of the molecule is CNC[C@H](O)[C@@H](O)[C@H](O)[C@H](O)CO.Cc1c(C(=O)O)sc2nc(Cc3cc(Cl)ccc3F)[nH]c(=O)c12. The highest BCUT2D eigenvalue weighted by atomic mass is 35.5. The van der Waals surface area contributed by atoms with Gasteiger partial charge in [0.2, 0.25) is 0 Å². The highest BCUT2D eigenvalue weighted by Crippen LogP contribution is 2.27. The number of carboxylic acids is 1. The Balaban J connectivity index is 0.000000302. The fourth-order valence-corrected chi connectivity index (χ4v) is 4.46. The topological polar surface area (TPSA) is 196 Å². The van der Waals surface area contributed by atoms with Crippen molar-refractivity contribution in [2.75, 3.05) is 20.2 Å². The summed E-state index contributed by atoms with van der Waals surface area (Å²) in [6, 6.07) is 4.14. The molecule has 2 aromatic heterocycles. The number of aryl methyl sites for hydroxylation is 1. The Morgan fingerprint density at radius 1 is 1.22 bits per heavy atom. The van der Waals surface area contributed by atoms with Crippen molar-refractivity contribution in [2.45, 2.75) is 37.8 Å². The van der Waals surface area contributed by atoms with Crippen molar-refractivity contribution in [3.63, 3.8) is 0 Å². The second-order valence-corrected chi connectivity index (χ2v) is 9.26. The summed E-state index contributed by atoms with van der Waals surface area (Å²) in [6.45, 7) is 0.996. The van der Waals surface area contributed by atoms with E-state index in [9.17, 15) is 19.1 Å². The lowest BCUT2D eigenvalue weighted by molar-refractivity contribution is -0.113. The Bertz CT molecular complexity index is 1250. The van der Waals surface area contributed by atoms with Gasteiger partial charge in [0.15, 0.2) is 0 Å². The lowest BCUT2D eigenvalue weighted by atomic mass is 10.0. The normalized spacial score (nSPS) is 14.6. The molecule has 1 aromatic carbocycles. The van der Waals surface area contributed by atoms with Crippen LogP contribution in [0.3, 0.4) is 0 Å². The quantitative estimate of drug-likeness (QED) is 0.181. The molecular weight excluding hydrogens is 521 g/mol. The molecule has 0 amide bonds. The summed E-state index contributed by atoms with van der Waals surface area (Å²) in [4.78, 5) is 30.6. The number of aromatic carboxylic acids is 1. The number of halogens is 2. The highest BCUT2D eigenvalue weighted by molar-refractivity contribution is 7.20. The second-order valence-electron chi connectivity index (χ2n) is 7.82. The first-order chi connectivity index (χ1) is 16.9. The van der Waals surface area contributed by atoms with E-state index in [1.807, 2.05) is 0 Å². The minimum Gasteiger partial charge on any atom is -0.477 e. The number of likely N-dealkylation sites (N-methyl/N-ethyl adjacent to an activating group) is 1. The molecule has 0 bridgehead atoms. The molecule has 3 rings (SSSR count). The Morgan fingerprint density at radius 2 is 1.86 bits per heavy atom. The van der Waals surface area contributed by atoms with E-state index in [2.05, 4.69) is 15.3 Å². The Morgan fingerprint density at radius 3 is 2.44 bits per heavy atom. The number of aromatic nitrogens is 2. The first-order valence-corrected chi connectivity index (χ1v) is 11.8. The van der Waals surface area contributed by atoms with Crippen molar-refractivity contribution < 1.29 is 39.8 Å². The third-order valence-corrected chi connectivity index (χ3v) is 6.56. The van der Waals surface area contributed by atoms with Crippen LogP contribution in [0, 0.1) is 12.7 Å². The van der Waals surface area contributed by atoms with Crippen LogP contribution < -0.4 is 10.9 Å². The van der Waals surface area contributed by atoms with Crippen LogP contribution in [0.15, 0.2) is 23.0 Å². The predicted molar refractivity (Wildman–Crippen MR) is 131 cm³/mol. The largest absolute Gasteiger partial charge is 0.477 e. The number of thiophene rings is 1. The maximum Gasteiger partial charge on any atom is 0.346 e. The molecule has 2 heterocycles. The number of carbonyl (C=O) groups is 1. The van der Waals surface area contributed by atoms with Crippen molar-refractivity contribution in [1.29, 1.82) is 0 Å². The lowest BCUT2D eigenvalue weighted by Crippen LogP contribution is -2.48. The Kier molecular flexibility index (Phi) is 10.9. The molecule has 11 nitrogen and oxygen atoms in total. The van der Waals surface area contributed by atoms with Gasteiger partial charge in [-0.2, -0.15) is 0 Å². The minimum atomic E-state index is -1.55. The Labute approximate surface area is 213 Å². The van der Waals surface area contributed by atoms with Gasteiger partial charge in [0.25, 0.3) is 5.56 Å². The van der Waals surface area contributed by atoms with Crippen LogP contribution >= 0.6 is 22.9 Å². The van der Waals surface area contributed by atoms with Crippen molar-refractivity contribution in [1.82, 2.24) is 15.3 Å². The van der Waals surface area contributed by atoms with E-state index >= 15 is 0 Å². The maximum absolute atomic E-state index is 13.8. The molecule has 0 saturated carbocycles. The molecule has 36 heavy (non-hydrogen) atoms. The standard InChI is InChI=1S/C15H10ClFN2O3S.C7H17NO5/c1-6-11-13(20)18-10(19-14(11)23-12(6)15(21)22)5-7-4-8(16)2-3-9(7)17;1-8-2-4(10)6(12)7(13)5(11)3-9/h2-4H,5H2,1H3,(H,21,22)(H,18,19,20);4-13H,2-3H2,1H3/t;4-,5+,6+,7+/m.0/s1. The van der Waals surface area contributed by atoms with Crippen molar-refractivity contribution in [3.8, 4) is 0 Å². The van der Waals surface area contributed by atoms with Crippen LogP contribution in [0.2, 0.25) is 5.02 Å². The fourth-order valence-electron chi connectivity index (χ4n) is 3.23. The zero-order chi connectivity index (χ0) is 27.2. The summed E-state index contributed by atoms with van der Waals surface area (Å²) in [5.74, 6) is -1.31. The molecule has 198 valence electrons. The van der Waals surface area contributed by atoms with E-state index in [0.717, 1.165) is 11.3 Å². The number of aliphatic hydroxyl groups is 5. The number of nitrogens with zero attached hydrogens (tertiary/aromatic N) is 1. The first-order valence-electron chi connectivity index (χ1n) is 10.6. The number of benzene rings is 1. The molecule has 14 heteroatoms. The summed E-state index contributed by atoms with van der Waals surface area (Å²) in [6.07, 6.45) is -5.60. The van der Waals surface area contributed by atoms with Gasteiger partial charge < -0.3 is 40.9 Å². The summed E-state index contributed by atoms with van der Waals surface area (Å²) >= 11 is 6.77. The number of nitrogens with one attached hydrogen (secondary N) is 2. The van der Waals surface area contributed by atoms with E-state index in [0.29, 0.717) is 21.0 Å². The highest BCUT2D eigenvalue weighted by Gasteiger charge is 2.29. The van der Waals surface area contributed by atoms with Gasteiger partial charge in [0.1, 0.15) is 39.7 Å². The zero-order valence-corrected chi connectivity index (χ0v) is 20.8. The number of aliphatic hydroxyl groups excluding tert-OH is 5. The number of H-pyrrole nitrogens is 1. The van der Waals surface area contributed by atoms with Gasteiger partial charge in [-0.05, 0) is 43.3 Å². The third kappa shape index (κ3) is 7.27. The molecule has 0 aliphatic rings. The summed E-state index contributed by atoms with van der Waals surface area (Å²) in [5, 5.41) is 57.2. The maximum atomic E-state index is 13.8. The summed E-state index contributed by atoms with van der Waals surface area (Å²) in [5.41, 5.74) is 0.243. The van der Waals surface area contributed by atoms with Crippen molar-refractivity contribution in [3.05, 3.63) is 61.2 Å². The van der Waals surface area contributed by atoms with Crippen LogP contribution in [0.1, 0.15) is 26.6 Å². The molecule has 0 aliphatic carbocycles. The molecule has 8 N–H and O–H groups in total. The van der Waals surface area contributed by atoms with E-state index < -0.39 is 48.4 Å². The van der Waals surface area contributed by atoms with Gasteiger partial charge in [0, 0.05) is 18.0 Å². The molecule has 0 aliphatic heterocycles. The number of carboxylic acid groups (broad SMARTS) is 1. The van der Waals surface area contributed by atoms with Gasteiger partial charge in [-0.3, -0.25) is 4.79 Å². The van der Waals surface area contributed by atoms with Gasteiger partial charge in [0.05, 0.1) is 18.1 Å². The van der Waals surface area contributed by atoms with Crippen LogP contribution in [0.4, 0.5) is 4.39 Å². The molecule has 0 fully saturated rings. The smallest absolute Gasteiger partial charge is 0.346 e. The van der Waals surface area contributed by atoms with Gasteiger partial charge in [-0.15, -0.1) is 11.3 Å². The molecular formula is C22H27ClFN3O8S. The van der Waals surface area contributed by atoms with Crippen molar-refractivity contribution >= 4 is 39.1 Å².